The van der Waals surface area contributed by atoms with E-state index in [2.05, 4.69) is 20.5 Å². The van der Waals surface area contributed by atoms with E-state index in [1.54, 1.807) is 12.1 Å². The second-order valence-electron chi connectivity index (χ2n) is 7.32. The zero-order valence-electron chi connectivity index (χ0n) is 16.2. The maximum Gasteiger partial charge on any atom is 0.436 e. The predicted molar refractivity (Wildman–Crippen MR) is 103 cm³/mol. The van der Waals surface area contributed by atoms with E-state index < -0.39 is 28.8 Å². The van der Waals surface area contributed by atoms with Crippen molar-refractivity contribution >= 4 is 23.5 Å². The maximum absolute atomic E-state index is 13.2. The van der Waals surface area contributed by atoms with Crippen molar-refractivity contribution in [1.82, 2.24) is 24.5 Å². The number of halogens is 5. The third-order valence-corrected chi connectivity index (χ3v) is 5.27. The zero-order valence-corrected chi connectivity index (χ0v) is 17.0. The summed E-state index contributed by atoms with van der Waals surface area (Å²) >= 11 is 5.96. The summed E-state index contributed by atoms with van der Waals surface area (Å²) in [5.74, 6) is -1.16. The highest BCUT2D eigenvalue weighted by molar-refractivity contribution is 6.32. The van der Waals surface area contributed by atoms with Crippen molar-refractivity contribution in [3.63, 3.8) is 0 Å². The minimum Gasteiger partial charge on any atom is -0.291 e. The SMILES string of the molecule is CC(C(=O)Nc1ncn(Cc2ccc(F)cc2)n1)n1nc(C(F)(F)F)c(Cl)c1C1CC1. The number of hydrogen-bond donors (Lipinski definition) is 1. The molecule has 1 aliphatic rings. The van der Waals surface area contributed by atoms with E-state index in [4.69, 9.17) is 11.6 Å². The molecule has 1 fully saturated rings. The van der Waals surface area contributed by atoms with E-state index >= 15 is 0 Å². The highest BCUT2D eigenvalue weighted by Crippen LogP contribution is 2.47. The van der Waals surface area contributed by atoms with Gasteiger partial charge in [-0.3, -0.25) is 14.8 Å². The van der Waals surface area contributed by atoms with Crippen LogP contribution in [-0.4, -0.2) is 30.5 Å². The van der Waals surface area contributed by atoms with E-state index in [1.807, 2.05) is 0 Å². The van der Waals surface area contributed by atoms with Crippen LogP contribution in [0.25, 0.3) is 0 Å². The van der Waals surface area contributed by atoms with Gasteiger partial charge in [0.25, 0.3) is 5.91 Å². The number of carbonyl (C=O) groups excluding carboxylic acids is 1. The molecule has 0 bridgehead atoms. The first kappa shape index (κ1) is 21.3. The van der Waals surface area contributed by atoms with Gasteiger partial charge in [-0.1, -0.05) is 23.7 Å². The van der Waals surface area contributed by atoms with E-state index in [1.165, 1.54) is 30.1 Å². The third-order valence-electron chi connectivity index (χ3n) is 4.90. The van der Waals surface area contributed by atoms with Crippen molar-refractivity contribution in [2.45, 2.75) is 44.4 Å². The molecule has 2 heterocycles. The number of alkyl halides is 3. The molecule has 1 unspecified atom stereocenters. The molecule has 12 heteroatoms. The van der Waals surface area contributed by atoms with Crippen molar-refractivity contribution in [3.8, 4) is 0 Å². The van der Waals surface area contributed by atoms with Gasteiger partial charge in [0.1, 0.15) is 18.2 Å². The number of aromatic nitrogens is 5. The minimum atomic E-state index is -4.72. The number of anilines is 1. The normalized spacial score (nSPS) is 15.2. The van der Waals surface area contributed by atoms with Gasteiger partial charge >= 0.3 is 6.18 Å². The van der Waals surface area contributed by atoms with Crippen molar-refractivity contribution in [2.24, 2.45) is 0 Å². The zero-order chi connectivity index (χ0) is 22.3. The largest absolute Gasteiger partial charge is 0.436 e. The Morgan fingerprint density at radius 2 is 1.94 bits per heavy atom. The number of benzene rings is 1. The average molecular weight is 457 g/mol. The lowest BCUT2D eigenvalue weighted by Crippen LogP contribution is -2.26. The van der Waals surface area contributed by atoms with Crippen LogP contribution in [0.15, 0.2) is 30.6 Å². The second-order valence-corrected chi connectivity index (χ2v) is 7.70. The molecule has 3 aromatic rings. The molecule has 164 valence electrons. The summed E-state index contributed by atoms with van der Waals surface area (Å²) in [5, 5.41) is 9.74. The summed E-state index contributed by atoms with van der Waals surface area (Å²) in [7, 11) is 0. The average Bonchev–Trinajstić information content (AvgIpc) is 3.34. The predicted octanol–water partition coefficient (Wildman–Crippen LogP) is 4.41. The molecule has 31 heavy (non-hydrogen) atoms. The summed E-state index contributed by atoms with van der Waals surface area (Å²) in [6.07, 6.45) is -1.96. The van der Waals surface area contributed by atoms with Crippen LogP contribution in [0.5, 0.6) is 0 Å². The fourth-order valence-electron chi connectivity index (χ4n) is 3.16. The third kappa shape index (κ3) is 4.55. The standard InChI is InChI=1S/C19H17ClF4N6O/c1-10(30-15(12-4-5-12)14(20)16(27-30)19(22,23)24)17(31)26-18-25-9-29(28-18)8-11-2-6-13(21)7-3-11/h2-3,6-7,9-10,12H,4-5,8H2,1H3,(H,26,28,31). The van der Waals surface area contributed by atoms with E-state index in [-0.39, 0.29) is 23.4 Å². The van der Waals surface area contributed by atoms with Gasteiger partial charge < -0.3 is 0 Å². The van der Waals surface area contributed by atoms with Gasteiger partial charge in [-0.05, 0) is 37.5 Å². The molecule has 2 aromatic heterocycles. The van der Waals surface area contributed by atoms with Crippen LogP contribution in [0.1, 0.15) is 48.7 Å². The molecule has 1 amide bonds. The number of nitrogens with zero attached hydrogens (tertiary/aromatic N) is 5. The van der Waals surface area contributed by atoms with E-state index in [0.29, 0.717) is 19.4 Å². The van der Waals surface area contributed by atoms with Gasteiger partial charge in [0.15, 0.2) is 5.69 Å². The highest BCUT2D eigenvalue weighted by atomic mass is 35.5. The number of amides is 1. The van der Waals surface area contributed by atoms with Crippen LogP contribution in [0, 0.1) is 5.82 Å². The first-order valence-corrected chi connectivity index (χ1v) is 9.81. The fraction of sp³-hybridized carbons (Fsp3) is 0.368. The van der Waals surface area contributed by atoms with Crippen LogP contribution in [0.2, 0.25) is 5.02 Å². The van der Waals surface area contributed by atoms with Gasteiger partial charge in [0.2, 0.25) is 5.95 Å². The fourth-order valence-corrected chi connectivity index (χ4v) is 3.54. The Morgan fingerprint density at radius 1 is 1.26 bits per heavy atom. The first-order chi connectivity index (χ1) is 14.6. The lowest BCUT2D eigenvalue weighted by molar-refractivity contribution is -0.141. The molecule has 1 aliphatic carbocycles. The molecular weight excluding hydrogens is 440 g/mol. The Kier molecular flexibility index (Phi) is 5.46. The molecular formula is C19H17ClF4N6O. The van der Waals surface area contributed by atoms with Crippen molar-refractivity contribution in [1.29, 1.82) is 0 Å². The summed E-state index contributed by atoms with van der Waals surface area (Å²) in [4.78, 5) is 16.6. The molecule has 1 aromatic carbocycles. The van der Waals surface area contributed by atoms with Crippen molar-refractivity contribution in [3.05, 3.63) is 58.4 Å². The quantitative estimate of drug-likeness (QED) is 0.557. The molecule has 1 N–H and O–H groups in total. The molecule has 1 atom stereocenters. The van der Waals surface area contributed by atoms with Crippen LogP contribution in [0.3, 0.4) is 0 Å². The smallest absolute Gasteiger partial charge is 0.291 e. The molecule has 0 spiro atoms. The van der Waals surface area contributed by atoms with E-state index in [9.17, 15) is 22.4 Å². The van der Waals surface area contributed by atoms with Gasteiger partial charge in [-0.15, -0.1) is 5.10 Å². The maximum atomic E-state index is 13.2. The van der Waals surface area contributed by atoms with Crippen molar-refractivity contribution in [2.75, 3.05) is 5.32 Å². The van der Waals surface area contributed by atoms with Gasteiger partial charge in [-0.25, -0.2) is 14.1 Å². The van der Waals surface area contributed by atoms with Crippen LogP contribution in [0.4, 0.5) is 23.5 Å². The minimum absolute atomic E-state index is 0.0127. The Balaban J connectivity index is 1.49. The highest BCUT2D eigenvalue weighted by Gasteiger charge is 2.43. The number of carbonyl (C=O) groups is 1. The Labute approximate surface area is 179 Å². The Hall–Kier alpha value is -2.95. The second kappa shape index (κ2) is 7.95. The van der Waals surface area contributed by atoms with Crippen LogP contribution >= 0.6 is 11.6 Å². The molecule has 4 rings (SSSR count). The number of hydrogen-bond acceptors (Lipinski definition) is 4. The van der Waals surface area contributed by atoms with Crippen molar-refractivity contribution < 1.29 is 22.4 Å². The summed E-state index contributed by atoms with van der Waals surface area (Å²) in [6.45, 7) is 1.73. The lowest BCUT2D eigenvalue weighted by Gasteiger charge is -2.14. The first-order valence-electron chi connectivity index (χ1n) is 9.43. The monoisotopic (exact) mass is 456 g/mol. The molecule has 0 saturated heterocycles. The summed E-state index contributed by atoms with van der Waals surface area (Å²) in [6, 6.07) is 4.76. The van der Waals surface area contributed by atoms with Gasteiger partial charge in [-0.2, -0.15) is 18.3 Å². The topological polar surface area (TPSA) is 77.6 Å². The number of rotatable bonds is 6. The van der Waals surface area contributed by atoms with Gasteiger partial charge in [0, 0.05) is 5.92 Å². The summed E-state index contributed by atoms with van der Waals surface area (Å²) in [5.41, 5.74) is -0.207. The van der Waals surface area contributed by atoms with E-state index in [0.717, 1.165) is 10.2 Å². The molecule has 0 radical (unpaired) electrons. The Bertz CT molecular complexity index is 1100. The summed E-state index contributed by atoms with van der Waals surface area (Å²) < 4.78 is 55.2. The van der Waals surface area contributed by atoms with Crippen LogP contribution < -0.4 is 5.32 Å². The van der Waals surface area contributed by atoms with Crippen LogP contribution in [-0.2, 0) is 17.5 Å². The molecule has 1 saturated carbocycles. The van der Waals surface area contributed by atoms with Gasteiger partial charge in [0.05, 0.1) is 17.3 Å². The molecule has 7 nitrogen and oxygen atoms in total. The number of nitrogens with one attached hydrogen (secondary N) is 1. The molecule has 0 aliphatic heterocycles. The lowest BCUT2D eigenvalue weighted by atomic mass is 10.2. The Morgan fingerprint density at radius 3 is 2.55 bits per heavy atom.